The van der Waals surface area contributed by atoms with Crippen LogP contribution in [-0.4, -0.2) is 35.6 Å². The average Bonchev–Trinajstić information content (AvgIpc) is 2.40. The standard InChI is InChI=1S/C14H20N4/c1-12(11-18-8-3-2-4-9-18)16-14-7-5-6-13(10-15)17-14/h5-7,12H,2-4,8-9,11H2,1H3,(H,16,17). The normalized spacial score (nSPS) is 18.0. The van der Waals surface area contributed by atoms with Crippen molar-refractivity contribution in [3.8, 4) is 6.07 Å². The minimum Gasteiger partial charge on any atom is -0.366 e. The molecule has 0 saturated carbocycles. The summed E-state index contributed by atoms with van der Waals surface area (Å²) in [5, 5.41) is 12.2. The predicted molar refractivity (Wildman–Crippen MR) is 72.3 cm³/mol. The molecule has 1 saturated heterocycles. The van der Waals surface area contributed by atoms with Crippen LogP contribution in [0.5, 0.6) is 0 Å². The summed E-state index contributed by atoms with van der Waals surface area (Å²) >= 11 is 0. The highest BCUT2D eigenvalue weighted by molar-refractivity contribution is 5.39. The summed E-state index contributed by atoms with van der Waals surface area (Å²) < 4.78 is 0. The van der Waals surface area contributed by atoms with E-state index in [-0.39, 0.29) is 0 Å². The Bertz CT molecular complexity index is 418. The number of hydrogen-bond donors (Lipinski definition) is 1. The minimum absolute atomic E-state index is 0.351. The van der Waals surface area contributed by atoms with Crippen molar-refractivity contribution in [3.63, 3.8) is 0 Å². The molecule has 1 aliphatic rings. The lowest BCUT2D eigenvalue weighted by molar-refractivity contribution is 0.223. The Balaban J connectivity index is 1.86. The lowest BCUT2D eigenvalue weighted by Crippen LogP contribution is -2.38. The largest absolute Gasteiger partial charge is 0.366 e. The summed E-state index contributed by atoms with van der Waals surface area (Å²) in [6.07, 6.45) is 3.99. The Morgan fingerprint density at radius 3 is 2.89 bits per heavy atom. The van der Waals surface area contributed by atoms with E-state index in [2.05, 4.69) is 28.2 Å². The summed E-state index contributed by atoms with van der Waals surface area (Å²) in [6, 6.07) is 7.91. The fourth-order valence-electron chi connectivity index (χ4n) is 2.40. The number of nitrogens with one attached hydrogen (secondary N) is 1. The van der Waals surface area contributed by atoms with Gasteiger partial charge >= 0.3 is 0 Å². The smallest absolute Gasteiger partial charge is 0.142 e. The van der Waals surface area contributed by atoms with Crippen molar-refractivity contribution in [2.75, 3.05) is 25.0 Å². The zero-order chi connectivity index (χ0) is 12.8. The number of aromatic nitrogens is 1. The summed E-state index contributed by atoms with van der Waals surface area (Å²) in [5.74, 6) is 0.790. The van der Waals surface area contributed by atoms with Crippen LogP contribution < -0.4 is 5.32 Å². The van der Waals surface area contributed by atoms with Crippen molar-refractivity contribution in [1.82, 2.24) is 9.88 Å². The molecule has 1 aromatic rings. The minimum atomic E-state index is 0.351. The first-order valence-corrected chi connectivity index (χ1v) is 6.64. The van der Waals surface area contributed by atoms with E-state index < -0.39 is 0 Å². The van der Waals surface area contributed by atoms with Crippen molar-refractivity contribution in [3.05, 3.63) is 23.9 Å². The molecule has 4 nitrogen and oxygen atoms in total. The summed E-state index contributed by atoms with van der Waals surface area (Å²) in [4.78, 5) is 6.73. The van der Waals surface area contributed by atoms with Gasteiger partial charge in [-0.15, -0.1) is 0 Å². The molecular weight excluding hydrogens is 224 g/mol. The van der Waals surface area contributed by atoms with Crippen LogP contribution in [0.3, 0.4) is 0 Å². The van der Waals surface area contributed by atoms with E-state index in [1.807, 2.05) is 12.1 Å². The highest BCUT2D eigenvalue weighted by Gasteiger charge is 2.13. The number of hydrogen-bond acceptors (Lipinski definition) is 4. The van der Waals surface area contributed by atoms with Gasteiger partial charge in [-0.2, -0.15) is 5.26 Å². The van der Waals surface area contributed by atoms with Gasteiger partial charge in [0.05, 0.1) is 0 Å². The first-order valence-electron chi connectivity index (χ1n) is 6.64. The topological polar surface area (TPSA) is 52.0 Å². The molecule has 1 unspecified atom stereocenters. The molecule has 1 fully saturated rings. The van der Waals surface area contributed by atoms with Gasteiger partial charge in [0.1, 0.15) is 17.6 Å². The molecule has 1 aromatic heterocycles. The molecule has 0 spiro atoms. The first kappa shape index (κ1) is 12.8. The van der Waals surface area contributed by atoms with Crippen molar-refractivity contribution in [1.29, 1.82) is 5.26 Å². The van der Waals surface area contributed by atoms with Gasteiger partial charge < -0.3 is 10.2 Å². The molecule has 1 aliphatic heterocycles. The Labute approximate surface area is 109 Å². The molecule has 4 heteroatoms. The third kappa shape index (κ3) is 3.71. The first-order chi connectivity index (χ1) is 8.78. The van der Waals surface area contributed by atoms with Crippen molar-refractivity contribution < 1.29 is 0 Å². The Morgan fingerprint density at radius 2 is 2.17 bits per heavy atom. The summed E-state index contributed by atoms with van der Waals surface area (Å²) in [6.45, 7) is 5.61. The van der Waals surface area contributed by atoms with Gasteiger partial charge in [0, 0.05) is 12.6 Å². The second kappa shape index (κ2) is 6.36. The van der Waals surface area contributed by atoms with Gasteiger partial charge in [0.25, 0.3) is 0 Å². The molecule has 0 bridgehead atoms. The Hall–Kier alpha value is -1.60. The van der Waals surface area contributed by atoms with Gasteiger partial charge in [0.15, 0.2) is 0 Å². The zero-order valence-corrected chi connectivity index (χ0v) is 10.9. The van der Waals surface area contributed by atoms with Gasteiger partial charge in [-0.25, -0.2) is 4.98 Å². The lowest BCUT2D eigenvalue weighted by atomic mass is 10.1. The number of nitrogens with zero attached hydrogens (tertiary/aromatic N) is 3. The second-order valence-electron chi connectivity index (χ2n) is 4.93. The average molecular weight is 244 g/mol. The zero-order valence-electron chi connectivity index (χ0n) is 10.9. The third-order valence-electron chi connectivity index (χ3n) is 3.24. The molecular formula is C14H20N4. The van der Waals surface area contributed by atoms with Crippen LogP contribution in [0, 0.1) is 11.3 Å². The molecule has 0 aliphatic carbocycles. The number of likely N-dealkylation sites (tertiary alicyclic amines) is 1. The van der Waals surface area contributed by atoms with Crippen LogP contribution in [0.4, 0.5) is 5.82 Å². The van der Waals surface area contributed by atoms with E-state index in [0.29, 0.717) is 11.7 Å². The fourth-order valence-corrected chi connectivity index (χ4v) is 2.40. The number of pyridine rings is 1. The molecule has 0 amide bonds. The predicted octanol–water partition coefficient (Wildman–Crippen LogP) is 2.24. The van der Waals surface area contributed by atoms with Crippen LogP contribution in [0.2, 0.25) is 0 Å². The molecule has 0 aromatic carbocycles. The van der Waals surface area contributed by atoms with Gasteiger partial charge in [-0.3, -0.25) is 0 Å². The van der Waals surface area contributed by atoms with Gasteiger partial charge in [0.2, 0.25) is 0 Å². The van der Waals surface area contributed by atoms with E-state index in [4.69, 9.17) is 5.26 Å². The van der Waals surface area contributed by atoms with Crippen LogP contribution in [0.15, 0.2) is 18.2 Å². The van der Waals surface area contributed by atoms with Gasteiger partial charge in [-0.1, -0.05) is 12.5 Å². The number of nitriles is 1. The maximum absolute atomic E-state index is 8.81. The quantitative estimate of drug-likeness (QED) is 0.882. The number of piperidine rings is 1. The van der Waals surface area contributed by atoms with Crippen LogP contribution in [-0.2, 0) is 0 Å². The van der Waals surface area contributed by atoms with E-state index in [9.17, 15) is 0 Å². The monoisotopic (exact) mass is 244 g/mol. The van der Waals surface area contributed by atoms with E-state index >= 15 is 0 Å². The van der Waals surface area contributed by atoms with Crippen LogP contribution in [0.25, 0.3) is 0 Å². The molecule has 1 N–H and O–H groups in total. The third-order valence-corrected chi connectivity index (χ3v) is 3.24. The van der Waals surface area contributed by atoms with Gasteiger partial charge in [-0.05, 0) is 45.0 Å². The van der Waals surface area contributed by atoms with E-state index in [0.717, 1.165) is 12.4 Å². The van der Waals surface area contributed by atoms with Crippen LogP contribution in [0.1, 0.15) is 31.9 Å². The Kier molecular flexibility index (Phi) is 4.54. The molecule has 0 radical (unpaired) electrons. The summed E-state index contributed by atoms with van der Waals surface area (Å²) in [7, 11) is 0. The lowest BCUT2D eigenvalue weighted by Gasteiger charge is -2.29. The molecule has 2 rings (SSSR count). The maximum atomic E-state index is 8.81. The molecule has 96 valence electrons. The van der Waals surface area contributed by atoms with E-state index in [1.165, 1.54) is 32.4 Å². The SMILES string of the molecule is CC(CN1CCCCC1)Nc1cccc(C#N)n1. The number of rotatable bonds is 4. The van der Waals surface area contributed by atoms with E-state index in [1.54, 1.807) is 6.07 Å². The fraction of sp³-hybridized carbons (Fsp3) is 0.571. The summed E-state index contributed by atoms with van der Waals surface area (Å²) in [5.41, 5.74) is 0.463. The maximum Gasteiger partial charge on any atom is 0.142 e. The van der Waals surface area contributed by atoms with Crippen molar-refractivity contribution in [2.24, 2.45) is 0 Å². The number of anilines is 1. The van der Waals surface area contributed by atoms with Crippen molar-refractivity contribution in [2.45, 2.75) is 32.2 Å². The molecule has 18 heavy (non-hydrogen) atoms. The molecule has 1 atom stereocenters. The molecule has 2 heterocycles. The van der Waals surface area contributed by atoms with Crippen LogP contribution >= 0.6 is 0 Å². The Morgan fingerprint density at radius 1 is 1.39 bits per heavy atom. The highest BCUT2D eigenvalue weighted by Crippen LogP contribution is 2.11. The van der Waals surface area contributed by atoms with Crippen molar-refractivity contribution >= 4 is 5.82 Å². The highest BCUT2D eigenvalue weighted by atomic mass is 15.2. The second-order valence-corrected chi connectivity index (χ2v) is 4.93.